The lowest BCUT2D eigenvalue weighted by molar-refractivity contribution is 0.187. The Hall–Kier alpha value is -1.53. The van der Waals surface area contributed by atoms with Gasteiger partial charge in [0.15, 0.2) is 0 Å². The van der Waals surface area contributed by atoms with E-state index in [1.54, 1.807) is 6.20 Å². The molecule has 0 radical (unpaired) electrons. The van der Waals surface area contributed by atoms with Gasteiger partial charge in [0.05, 0.1) is 6.10 Å². The normalized spacial score (nSPS) is 12.3. The van der Waals surface area contributed by atoms with Crippen molar-refractivity contribution in [2.45, 2.75) is 12.5 Å². The van der Waals surface area contributed by atoms with E-state index in [-0.39, 0.29) is 5.69 Å². The first kappa shape index (κ1) is 12.9. The van der Waals surface area contributed by atoms with Gasteiger partial charge >= 0.3 is 5.69 Å². The second kappa shape index (κ2) is 5.88. The molecule has 1 atom stereocenters. The largest absolute Gasteiger partial charge is 0.391 e. The number of nitrogens with one attached hydrogen (secondary N) is 3. The zero-order valence-corrected chi connectivity index (χ0v) is 11.2. The Labute approximate surface area is 112 Å². The zero-order valence-electron chi connectivity index (χ0n) is 9.61. The molecule has 0 aliphatic rings. The lowest BCUT2D eigenvalue weighted by Gasteiger charge is -2.12. The molecular weight excluding hydrogens is 298 g/mol. The van der Waals surface area contributed by atoms with Gasteiger partial charge in [-0.3, -0.25) is 0 Å². The number of aliphatic hydroxyl groups is 1. The van der Waals surface area contributed by atoms with Gasteiger partial charge in [-0.05, 0) is 18.2 Å². The Balaban J connectivity index is 1.85. The first-order valence-corrected chi connectivity index (χ1v) is 6.37. The molecule has 1 aromatic carbocycles. The molecule has 0 fully saturated rings. The third kappa shape index (κ3) is 3.75. The van der Waals surface area contributed by atoms with Crippen molar-refractivity contribution in [3.8, 4) is 0 Å². The molecule has 0 amide bonds. The van der Waals surface area contributed by atoms with Crippen LogP contribution in [0.5, 0.6) is 0 Å². The summed E-state index contributed by atoms with van der Waals surface area (Å²) in [5.41, 5.74) is 1.38. The number of rotatable bonds is 5. The van der Waals surface area contributed by atoms with E-state index in [0.717, 1.165) is 10.2 Å². The zero-order chi connectivity index (χ0) is 13.0. The van der Waals surface area contributed by atoms with E-state index in [1.165, 1.54) is 0 Å². The molecule has 2 rings (SSSR count). The standard InChI is InChI=1S/C12H14BrN3O2/c13-8-2-1-3-9(4-8)14-7-11(17)5-10-6-15-12(18)16-10/h1-4,6,11,14,17H,5,7H2,(H2,15,16,18). The van der Waals surface area contributed by atoms with Crippen LogP contribution in [-0.4, -0.2) is 27.7 Å². The van der Waals surface area contributed by atoms with Gasteiger partial charge in [-0.25, -0.2) is 4.79 Å². The molecule has 0 saturated heterocycles. The smallest absolute Gasteiger partial charge is 0.323 e. The van der Waals surface area contributed by atoms with Crippen LogP contribution in [0.1, 0.15) is 5.69 Å². The maximum atomic E-state index is 10.9. The van der Waals surface area contributed by atoms with Gasteiger partial charge < -0.3 is 20.4 Å². The van der Waals surface area contributed by atoms with E-state index < -0.39 is 6.10 Å². The van der Waals surface area contributed by atoms with Crippen molar-refractivity contribution >= 4 is 21.6 Å². The summed E-state index contributed by atoms with van der Waals surface area (Å²) in [6.45, 7) is 0.420. The Morgan fingerprint density at radius 2 is 2.28 bits per heavy atom. The van der Waals surface area contributed by atoms with Gasteiger partial charge in [-0.1, -0.05) is 22.0 Å². The minimum absolute atomic E-state index is 0.253. The highest BCUT2D eigenvalue weighted by molar-refractivity contribution is 9.10. The van der Waals surface area contributed by atoms with Crippen LogP contribution >= 0.6 is 15.9 Å². The van der Waals surface area contributed by atoms with E-state index >= 15 is 0 Å². The Morgan fingerprint density at radius 3 is 2.94 bits per heavy atom. The molecule has 6 heteroatoms. The fourth-order valence-corrected chi connectivity index (χ4v) is 2.04. The Morgan fingerprint density at radius 1 is 1.44 bits per heavy atom. The molecule has 96 valence electrons. The monoisotopic (exact) mass is 311 g/mol. The second-order valence-corrected chi connectivity index (χ2v) is 4.93. The van der Waals surface area contributed by atoms with E-state index in [0.29, 0.717) is 18.7 Å². The van der Waals surface area contributed by atoms with Crippen LogP contribution in [0.25, 0.3) is 0 Å². The third-order valence-corrected chi connectivity index (χ3v) is 2.97. The van der Waals surface area contributed by atoms with Crippen LogP contribution in [0.3, 0.4) is 0 Å². The van der Waals surface area contributed by atoms with Crippen LogP contribution in [0.2, 0.25) is 0 Å². The average molecular weight is 312 g/mol. The van der Waals surface area contributed by atoms with Crippen molar-refractivity contribution in [2.24, 2.45) is 0 Å². The number of hydrogen-bond acceptors (Lipinski definition) is 3. The summed E-state index contributed by atoms with van der Waals surface area (Å²) < 4.78 is 0.983. The van der Waals surface area contributed by atoms with Crippen molar-refractivity contribution in [1.82, 2.24) is 9.97 Å². The van der Waals surface area contributed by atoms with Crippen LogP contribution < -0.4 is 11.0 Å². The summed E-state index contributed by atoms with van der Waals surface area (Å²) >= 11 is 3.38. The fourth-order valence-electron chi connectivity index (χ4n) is 1.64. The van der Waals surface area contributed by atoms with Crippen molar-refractivity contribution in [3.05, 3.63) is 51.1 Å². The van der Waals surface area contributed by atoms with Crippen LogP contribution in [0.15, 0.2) is 39.7 Å². The summed E-state index contributed by atoms with van der Waals surface area (Å²) in [6.07, 6.45) is 1.42. The third-order valence-electron chi connectivity index (χ3n) is 2.47. The van der Waals surface area contributed by atoms with Gasteiger partial charge in [-0.2, -0.15) is 0 Å². The van der Waals surface area contributed by atoms with E-state index in [1.807, 2.05) is 24.3 Å². The highest BCUT2D eigenvalue weighted by Gasteiger charge is 2.07. The highest BCUT2D eigenvalue weighted by Crippen LogP contribution is 2.15. The molecule has 0 aliphatic heterocycles. The summed E-state index contributed by atoms with van der Waals surface area (Å²) in [7, 11) is 0. The second-order valence-electron chi connectivity index (χ2n) is 4.02. The molecule has 5 nitrogen and oxygen atoms in total. The molecule has 4 N–H and O–H groups in total. The van der Waals surface area contributed by atoms with Gasteiger partial charge in [0, 0.05) is 35.0 Å². The van der Waals surface area contributed by atoms with E-state index in [4.69, 9.17) is 0 Å². The van der Waals surface area contributed by atoms with E-state index in [2.05, 4.69) is 31.2 Å². The number of H-pyrrole nitrogens is 2. The molecular formula is C12H14BrN3O2. The summed E-state index contributed by atoms with van der Waals surface area (Å²) in [5.74, 6) is 0. The minimum atomic E-state index is -0.560. The van der Waals surface area contributed by atoms with Crippen LogP contribution in [0.4, 0.5) is 5.69 Å². The molecule has 0 spiro atoms. The van der Waals surface area contributed by atoms with Crippen molar-refractivity contribution < 1.29 is 5.11 Å². The van der Waals surface area contributed by atoms with Gasteiger partial charge in [0.1, 0.15) is 0 Å². The predicted octanol–water partition coefficient (Wildman–Crippen LogP) is 1.48. The number of halogens is 1. The summed E-state index contributed by atoms with van der Waals surface area (Å²) in [6, 6.07) is 7.72. The van der Waals surface area contributed by atoms with E-state index in [9.17, 15) is 9.90 Å². The van der Waals surface area contributed by atoms with Gasteiger partial charge in [-0.15, -0.1) is 0 Å². The molecule has 0 saturated carbocycles. The van der Waals surface area contributed by atoms with Crippen molar-refractivity contribution in [3.63, 3.8) is 0 Å². The number of aliphatic hydroxyl groups excluding tert-OH is 1. The van der Waals surface area contributed by atoms with Gasteiger partial charge in [0.2, 0.25) is 0 Å². The fraction of sp³-hybridized carbons (Fsp3) is 0.250. The van der Waals surface area contributed by atoms with Crippen molar-refractivity contribution in [1.29, 1.82) is 0 Å². The average Bonchev–Trinajstić information content (AvgIpc) is 2.72. The van der Waals surface area contributed by atoms with Crippen LogP contribution in [-0.2, 0) is 6.42 Å². The lowest BCUT2D eigenvalue weighted by Crippen LogP contribution is -2.22. The Kier molecular flexibility index (Phi) is 4.22. The minimum Gasteiger partial charge on any atom is -0.391 e. The molecule has 0 bridgehead atoms. The number of aromatic amines is 2. The maximum Gasteiger partial charge on any atom is 0.323 e. The maximum absolute atomic E-state index is 10.9. The number of benzene rings is 1. The number of aromatic nitrogens is 2. The molecule has 0 aliphatic carbocycles. The topological polar surface area (TPSA) is 80.9 Å². The quantitative estimate of drug-likeness (QED) is 0.675. The molecule has 1 heterocycles. The highest BCUT2D eigenvalue weighted by atomic mass is 79.9. The number of anilines is 1. The molecule has 1 aromatic heterocycles. The predicted molar refractivity (Wildman–Crippen MR) is 73.8 cm³/mol. The first-order valence-electron chi connectivity index (χ1n) is 5.57. The number of imidazole rings is 1. The van der Waals surface area contributed by atoms with Crippen molar-refractivity contribution in [2.75, 3.05) is 11.9 Å². The van der Waals surface area contributed by atoms with Crippen LogP contribution in [0, 0.1) is 0 Å². The molecule has 18 heavy (non-hydrogen) atoms. The van der Waals surface area contributed by atoms with Gasteiger partial charge in [0.25, 0.3) is 0 Å². The number of hydrogen-bond donors (Lipinski definition) is 4. The molecule has 1 unspecified atom stereocenters. The Bertz CT molecular complexity index is 564. The first-order chi connectivity index (χ1) is 8.63. The SMILES string of the molecule is O=c1[nH]cc(CC(O)CNc2cccc(Br)c2)[nH]1. The lowest BCUT2D eigenvalue weighted by atomic mass is 10.2. The summed E-state index contributed by atoms with van der Waals surface area (Å²) in [4.78, 5) is 16.0. The molecule has 2 aromatic rings. The summed E-state index contributed by atoms with van der Waals surface area (Å²) in [5, 5.41) is 13.0.